The lowest BCUT2D eigenvalue weighted by Gasteiger charge is -2.04. The van der Waals surface area contributed by atoms with Crippen LogP contribution in [-0.4, -0.2) is 17.1 Å². The van der Waals surface area contributed by atoms with Gasteiger partial charge >= 0.3 is 5.97 Å². The van der Waals surface area contributed by atoms with E-state index in [0.717, 1.165) is 25.9 Å². The third-order valence-electron chi connectivity index (χ3n) is 4.91. The summed E-state index contributed by atoms with van der Waals surface area (Å²) in [6.45, 7) is 10.3. The van der Waals surface area contributed by atoms with E-state index in [-0.39, 0.29) is 5.97 Å². The van der Waals surface area contributed by atoms with Gasteiger partial charge in [0.1, 0.15) is 12.4 Å². The van der Waals surface area contributed by atoms with Crippen molar-refractivity contribution in [3.8, 4) is 0 Å². The van der Waals surface area contributed by atoms with Crippen LogP contribution in [0.15, 0.2) is 30.9 Å². The van der Waals surface area contributed by atoms with Crippen molar-refractivity contribution in [3.63, 3.8) is 0 Å². The van der Waals surface area contributed by atoms with Crippen molar-refractivity contribution in [1.82, 2.24) is 4.57 Å². The van der Waals surface area contributed by atoms with Gasteiger partial charge < -0.3 is 4.74 Å². The van der Waals surface area contributed by atoms with Crippen LogP contribution in [0.3, 0.4) is 0 Å². The Kier molecular flexibility index (Phi) is 13.4. The molecule has 0 spiro atoms. The third-order valence-corrected chi connectivity index (χ3v) is 4.91. The second kappa shape index (κ2) is 15.5. The maximum absolute atomic E-state index is 11.2. The van der Waals surface area contributed by atoms with E-state index in [9.17, 15) is 4.79 Å². The van der Waals surface area contributed by atoms with Crippen molar-refractivity contribution in [2.45, 2.75) is 104 Å². The monoisotopic (exact) mass is 377 g/mol. The fraction of sp³-hybridized carbons (Fsp3) is 0.739. The van der Waals surface area contributed by atoms with E-state index in [1.807, 2.05) is 0 Å². The van der Waals surface area contributed by atoms with Crippen molar-refractivity contribution >= 4 is 5.97 Å². The molecule has 0 saturated heterocycles. The number of hydrogen-bond acceptors (Lipinski definition) is 2. The second-order valence-electron chi connectivity index (χ2n) is 7.69. The van der Waals surface area contributed by atoms with Gasteiger partial charge in [-0.25, -0.2) is 13.9 Å². The first kappa shape index (κ1) is 23.5. The highest BCUT2D eigenvalue weighted by molar-refractivity contribution is 5.86. The normalized spacial score (nSPS) is 10.9. The highest BCUT2D eigenvalue weighted by Gasteiger charge is 2.04. The SMILES string of the molecule is C=C(C)C(=O)OCCCCCCCC[n+]1ccn(CCCCCCCC)c1. The zero-order valence-corrected chi connectivity index (χ0v) is 17.8. The van der Waals surface area contributed by atoms with Crippen molar-refractivity contribution in [2.75, 3.05) is 6.61 Å². The van der Waals surface area contributed by atoms with Crippen molar-refractivity contribution in [3.05, 3.63) is 30.9 Å². The molecule has 0 atom stereocenters. The van der Waals surface area contributed by atoms with Crippen LogP contribution in [0.5, 0.6) is 0 Å². The highest BCUT2D eigenvalue weighted by Crippen LogP contribution is 2.07. The zero-order valence-electron chi connectivity index (χ0n) is 17.8. The Labute approximate surface area is 166 Å². The van der Waals surface area contributed by atoms with Crippen LogP contribution in [0, 0.1) is 0 Å². The Morgan fingerprint density at radius 1 is 0.963 bits per heavy atom. The molecule has 0 radical (unpaired) electrons. The molecule has 0 amide bonds. The first-order valence-electron chi connectivity index (χ1n) is 11.0. The predicted octanol–water partition coefficient (Wildman–Crippen LogP) is 5.60. The number of esters is 1. The van der Waals surface area contributed by atoms with E-state index in [2.05, 4.69) is 41.4 Å². The van der Waals surface area contributed by atoms with Gasteiger partial charge in [0, 0.05) is 5.57 Å². The zero-order chi connectivity index (χ0) is 19.7. The number of hydrogen-bond donors (Lipinski definition) is 0. The number of rotatable bonds is 17. The lowest BCUT2D eigenvalue weighted by Crippen LogP contribution is -2.30. The van der Waals surface area contributed by atoms with Gasteiger partial charge in [0.05, 0.1) is 19.7 Å². The fourth-order valence-electron chi connectivity index (χ4n) is 3.17. The minimum atomic E-state index is -0.268. The summed E-state index contributed by atoms with van der Waals surface area (Å²) in [5.74, 6) is -0.268. The van der Waals surface area contributed by atoms with Crippen molar-refractivity contribution < 1.29 is 14.1 Å². The molecule has 0 saturated carbocycles. The Bertz CT molecular complexity index is 522. The first-order chi connectivity index (χ1) is 13.1. The Balaban J connectivity index is 1.94. The van der Waals surface area contributed by atoms with Crippen LogP contribution < -0.4 is 4.57 Å². The summed E-state index contributed by atoms with van der Waals surface area (Å²) in [5, 5.41) is 0. The topological polar surface area (TPSA) is 35.1 Å². The average Bonchev–Trinajstić information content (AvgIpc) is 3.10. The molecule has 1 aromatic heterocycles. The Morgan fingerprint density at radius 3 is 2.30 bits per heavy atom. The lowest BCUT2D eigenvalue weighted by molar-refractivity contribution is -0.696. The van der Waals surface area contributed by atoms with Gasteiger partial charge in [-0.15, -0.1) is 0 Å². The number of aryl methyl sites for hydroxylation is 2. The summed E-state index contributed by atoms with van der Waals surface area (Å²) in [6, 6.07) is 0. The van der Waals surface area contributed by atoms with Gasteiger partial charge in [-0.2, -0.15) is 0 Å². The van der Waals surface area contributed by atoms with Gasteiger partial charge in [-0.05, 0) is 39.0 Å². The summed E-state index contributed by atoms with van der Waals surface area (Å²) in [6.07, 6.45) is 21.8. The number of carbonyl (C=O) groups excluding carboxylic acids is 1. The minimum absolute atomic E-state index is 0.268. The smallest absolute Gasteiger partial charge is 0.333 e. The molecular formula is C23H41N2O2+. The predicted molar refractivity (Wildman–Crippen MR) is 111 cm³/mol. The third kappa shape index (κ3) is 12.4. The minimum Gasteiger partial charge on any atom is -0.462 e. The molecule has 0 aliphatic carbocycles. The van der Waals surface area contributed by atoms with Crippen LogP contribution in [0.25, 0.3) is 0 Å². The number of unbranched alkanes of at least 4 members (excludes halogenated alkanes) is 10. The number of carbonyl (C=O) groups is 1. The number of ether oxygens (including phenoxy) is 1. The van der Waals surface area contributed by atoms with E-state index in [1.165, 1.54) is 64.2 Å². The van der Waals surface area contributed by atoms with Crippen LogP contribution in [0.2, 0.25) is 0 Å². The molecule has 1 heterocycles. The maximum atomic E-state index is 11.2. The van der Waals surface area contributed by atoms with E-state index < -0.39 is 0 Å². The summed E-state index contributed by atoms with van der Waals surface area (Å²) >= 11 is 0. The van der Waals surface area contributed by atoms with Crippen LogP contribution >= 0.6 is 0 Å². The summed E-state index contributed by atoms with van der Waals surface area (Å²) in [4.78, 5) is 11.2. The van der Waals surface area contributed by atoms with Gasteiger partial charge in [-0.1, -0.05) is 58.4 Å². The molecule has 0 aliphatic heterocycles. The number of aromatic nitrogens is 2. The summed E-state index contributed by atoms with van der Waals surface area (Å²) in [5.41, 5.74) is 0.480. The lowest BCUT2D eigenvalue weighted by atomic mass is 10.1. The molecule has 0 aliphatic rings. The first-order valence-corrected chi connectivity index (χ1v) is 11.0. The van der Waals surface area contributed by atoms with Crippen molar-refractivity contribution in [2.24, 2.45) is 0 Å². The molecule has 4 nitrogen and oxygen atoms in total. The van der Waals surface area contributed by atoms with Gasteiger partial charge in [0.25, 0.3) is 0 Å². The van der Waals surface area contributed by atoms with Crippen LogP contribution in [-0.2, 0) is 22.6 Å². The maximum Gasteiger partial charge on any atom is 0.333 e. The second-order valence-corrected chi connectivity index (χ2v) is 7.69. The average molecular weight is 378 g/mol. The van der Waals surface area contributed by atoms with E-state index >= 15 is 0 Å². The number of nitrogens with zero attached hydrogens (tertiary/aromatic N) is 2. The summed E-state index contributed by atoms with van der Waals surface area (Å²) in [7, 11) is 0. The largest absolute Gasteiger partial charge is 0.462 e. The van der Waals surface area contributed by atoms with Gasteiger partial charge in [0.2, 0.25) is 6.33 Å². The number of imidazole rings is 1. The molecule has 0 unspecified atom stereocenters. The molecule has 0 aromatic carbocycles. The van der Waals surface area contributed by atoms with E-state index in [4.69, 9.17) is 4.74 Å². The van der Waals surface area contributed by atoms with E-state index in [0.29, 0.717) is 12.2 Å². The van der Waals surface area contributed by atoms with Gasteiger partial charge in [0.15, 0.2) is 0 Å². The molecule has 0 bridgehead atoms. The van der Waals surface area contributed by atoms with Gasteiger partial charge in [-0.3, -0.25) is 0 Å². The Hall–Kier alpha value is -1.58. The van der Waals surface area contributed by atoms with Crippen LogP contribution in [0.1, 0.15) is 90.9 Å². The van der Waals surface area contributed by atoms with Crippen LogP contribution in [0.4, 0.5) is 0 Å². The molecule has 27 heavy (non-hydrogen) atoms. The molecule has 0 fully saturated rings. The van der Waals surface area contributed by atoms with Crippen molar-refractivity contribution in [1.29, 1.82) is 0 Å². The fourth-order valence-corrected chi connectivity index (χ4v) is 3.17. The molecule has 0 N–H and O–H groups in total. The molecule has 1 aromatic rings. The Morgan fingerprint density at radius 2 is 1.59 bits per heavy atom. The summed E-state index contributed by atoms with van der Waals surface area (Å²) < 4.78 is 9.74. The molecule has 4 heteroatoms. The standard InChI is InChI=1S/C23H41N2O2/c1-4-5-6-7-10-13-16-24-18-19-25(21-24)17-14-11-8-9-12-15-20-27-23(26)22(2)3/h18-19,21H,2,4-17,20H2,1,3H3/q+1. The molecule has 1 rings (SSSR count). The molecule has 154 valence electrons. The van der Waals surface area contributed by atoms with E-state index in [1.54, 1.807) is 6.92 Å². The highest BCUT2D eigenvalue weighted by atomic mass is 16.5. The quantitative estimate of drug-likeness (QED) is 0.153. The molecular weight excluding hydrogens is 336 g/mol.